The highest BCUT2D eigenvalue weighted by Crippen LogP contribution is 2.39. The molecule has 0 saturated heterocycles. The molecule has 0 radical (unpaired) electrons. The molecule has 0 atom stereocenters. The molecule has 0 spiro atoms. The second kappa shape index (κ2) is 11.0. The van der Waals surface area contributed by atoms with Crippen LogP contribution in [0, 0.1) is 0 Å². The Morgan fingerprint density at radius 2 is 0.918 bits per heavy atom. The van der Waals surface area contributed by atoms with Gasteiger partial charge in [-0.15, -0.1) is 0 Å². The summed E-state index contributed by atoms with van der Waals surface area (Å²) >= 11 is 0. The fourth-order valence-corrected chi connectivity index (χ4v) is 7.13. The molecule has 2 heterocycles. The first-order chi connectivity index (χ1) is 24.3. The van der Waals surface area contributed by atoms with Crippen molar-refractivity contribution in [3.05, 3.63) is 164 Å². The van der Waals surface area contributed by atoms with Gasteiger partial charge in [-0.1, -0.05) is 140 Å². The van der Waals surface area contributed by atoms with Crippen molar-refractivity contribution in [2.75, 3.05) is 0 Å². The van der Waals surface area contributed by atoms with E-state index in [2.05, 4.69) is 91.0 Å². The van der Waals surface area contributed by atoms with Gasteiger partial charge in [0, 0.05) is 27.5 Å². The molecule has 0 aliphatic rings. The maximum atomic E-state index is 6.42. The SMILES string of the molecule is c1ccc(-c2nc(-c3ccccc3)nc(-c3cccc4oc5ccc(-c6ccc7c(ccc8c9ccccc9ccc78)c6)cc5c34)n2)cc1. The minimum absolute atomic E-state index is 0.608. The quantitative estimate of drug-likeness (QED) is 0.183. The molecule has 49 heavy (non-hydrogen) atoms. The Kier molecular flexibility index (Phi) is 6.15. The lowest BCUT2D eigenvalue weighted by atomic mass is 9.94. The molecule has 0 aliphatic carbocycles. The monoisotopic (exact) mass is 625 g/mol. The summed E-state index contributed by atoms with van der Waals surface area (Å²) < 4.78 is 6.42. The highest BCUT2D eigenvalue weighted by Gasteiger charge is 2.18. The molecule has 0 amide bonds. The van der Waals surface area contributed by atoms with Crippen LogP contribution < -0.4 is 0 Å². The van der Waals surface area contributed by atoms with Crippen molar-refractivity contribution in [3.63, 3.8) is 0 Å². The Bertz CT molecular complexity index is 2820. The maximum Gasteiger partial charge on any atom is 0.164 e. The minimum Gasteiger partial charge on any atom is -0.456 e. The zero-order chi connectivity index (χ0) is 32.3. The number of benzene rings is 8. The zero-order valence-corrected chi connectivity index (χ0v) is 26.3. The smallest absolute Gasteiger partial charge is 0.164 e. The molecule has 228 valence electrons. The van der Waals surface area contributed by atoms with Gasteiger partial charge in [0.1, 0.15) is 11.2 Å². The number of furan rings is 1. The van der Waals surface area contributed by atoms with Crippen LogP contribution in [0.25, 0.3) is 99.5 Å². The molecule has 0 aliphatic heterocycles. The van der Waals surface area contributed by atoms with Gasteiger partial charge in [0.25, 0.3) is 0 Å². The van der Waals surface area contributed by atoms with Crippen LogP contribution >= 0.6 is 0 Å². The Morgan fingerprint density at radius 1 is 0.327 bits per heavy atom. The number of hydrogen-bond donors (Lipinski definition) is 0. The maximum absolute atomic E-state index is 6.42. The van der Waals surface area contributed by atoms with Crippen molar-refractivity contribution < 1.29 is 4.42 Å². The molecule has 0 N–H and O–H groups in total. The first-order valence-corrected chi connectivity index (χ1v) is 16.4. The molecule has 0 saturated carbocycles. The van der Waals surface area contributed by atoms with Crippen LogP contribution in [0.4, 0.5) is 0 Å². The van der Waals surface area contributed by atoms with E-state index < -0.39 is 0 Å². The third kappa shape index (κ3) is 4.57. The van der Waals surface area contributed by atoms with Gasteiger partial charge >= 0.3 is 0 Å². The number of rotatable bonds is 4. The Balaban J connectivity index is 1.14. The molecule has 0 unspecified atom stereocenters. The Hall–Kier alpha value is -6.65. The summed E-state index contributed by atoms with van der Waals surface area (Å²) in [5.41, 5.74) is 6.67. The summed E-state index contributed by atoms with van der Waals surface area (Å²) in [6.07, 6.45) is 0. The molecule has 0 fully saturated rings. The molecular formula is C45H27N3O. The standard InChI is InChI=1S/C45H27N3O/c1-3-11-29(12-4-1)43-46-44(30-13-5-2-6-14-30)48-45(47-43)38-16-9-17-41-42(38)39-27-32(21-25-40(39)49-41)31-19-22-35-33(26-31)20-24-36-34-15-8-7-10-28(34)18-23-37(35)36/h1-27H. The van der Waals surface area contributed by atoms with Crippen molar-refractivity contribution in [2.24, 2.45) is 0 Å². The average molecular weight is 626 g/mol. The number of aromatic nitrogens is 3. The van der Waals surface area contributed by atoms with Crippen molar-refractivity contribution in [1.29, 1.82) is 0 Å². The first kappa shape index (κ1) is 27.5. The third-order valence-corrected chi connectivity index (χ3v) is 9.51. The molecule has 10 rings (SSSR count). The van der Waals surface area contributed by atoms with Crippen LogP contribution in [0.15, 0.2) is 168 Å². The van der Waals surface area contributed by atoms with Gasteiger partial charge in [-0.2, -0.15) is 0 Å². The molecule has 2 aromatic heterocycles. The Morgan fingerprint density at radius 3 is 1.67 bits per heavy atom. The highest BCUT2D eigenvalue weighted by atomic mass is 16.3. The van der Waals surface area contributed by atoms with Gasteiger partial charge in [0.05, 0.1) is 0 Å². The van der Waals surface area contributed by atoms with Crippen LogP contribution in [0.3, 0.4) is 0 Å². The van der Waals surface area contributed by atoms with Gasteiger partial charge in [-0.3, -0.25) is 0 Å². The third-order valence-electron chi connectivity index (χ3n) is 9.51. The molecule has 4 heteroatoms. The van der Waals surface area contributed by atoms with E-state index in [1.165, 1.54) is 32.3 Å². The predicted octanol–water partition coefficient (Wildman–Crippen LogP) is 11.9. The van der Waals surface area contributed by atoms with E-state index in [0.717, 1.165) is 49.8 Å². The number of nitrogens with zero attached hydrogens (tertiary/aromatic N) is 3. The fourth-order valence-electron chi connectivity index (χ4n) is 7.13. The Labute approximate surface area is 282 Å². The van der Waals surface area contributed by atoms with Crippen LogP contribution in [0.5, 0.6) is 0 Å². The van der Waals surface area contributed by atoms with Gasteiger partial charge in [0.15, 0.2) is 17.5 Å². The normalized spacial score (nSPS) is 11.7. The summed E-state index contributed by atoms with van der Waals surface area (Å²) in [5, 5.41) is 9.57. The van der Waals surface area contributed by atoms with Crippen molar-refractivity contribution in [1.82, 2.24) is 15.0 Å². The summed E-state index contributed by atoms with van der Waals surface area (Å²) in [6, 6.07) is 57.0. The van der Waals surface area contributed by atoms with E-state index >= 15 is 0 Å². The van der Waals surface area contributed by atoms with Crippen molar-refractivity contribution in [3.8, 4) is 45.3 Å². The van der Waals surface area contributed by atoms with Crippen LogP contribution in [-0.4, -0.2) is 15.0 Å². The lowest BCUT2D eigenvalue weighted by Crippen LogP contribution is -2.00. The second-order valence-electron chi connectivity index (χ2n) is 12.4. The van der Waals surface area contributed by atoms with Gasteiger partial charge in [-0.05, 0) is 67.7 Å². The molecule has 4 nitrogen and oxygen atoms in total. The van der Waals surface area contributed by atoms with Crippen LogP contribution in [0.1, 0.15) is 0 Å². The highest BCUT2D eigenvalue weighted by molar-refractivity contribution is 6.18. The van der Waals surface area contributed by atoms with E-state index in [4.69, 9.17) is 19.4 Å². The van der Waals surface area contributed by atoms with Crippen molar-refractivity contribution >= 4 is 54.3 Å². The average Bonchev–Trinajstić information content (AvgIpc) is 3.56. The minimum atomic E-state index is 0.608. The van der Waals surface area contributed by atoms with E-state index in [9.17, 15) is 0 Å². The van der Waals surface area contributed by atoms with Crippen LogP contribution in [-0.2, 0) is 0 Å². The summed E-state index contributed by atoms with van der Waals surface area (Å²) in [7, 11) is 0. The van der Waals surface area contributed by atoms with E-state index in [1.807, 2.05) is 72.8 Å². The lowest BCUT2D eigenvalue weighted by molar-refractivity contribution is 0.669. The number of fused-ring (bicyclic) bond motifs is 8. The van der Waals surface area contributed by atoms with Gasteiger partial charge in [-0.25, -0.2) is 15.0 Å². The number of hydrogen-bond acceptors (Lipinski definition) is 4. The van der Waals surface area contributed by atoms with E-state index in [-0.39, 0.29) is 0 Å². The van der Waals surface area contributed by atoms with Gasteiger partial charge < -0.3 is 4.42 Å². The molecule has 0 bridgehead atoms. The zero-order valence-electron chi connectivity index (χ0n) is 26.3. The molecular weight excluding hydrogens is 599 g/mol. The fraction of sp³-hybridized carbons (Fsp3) is 0. The van der Waals surface area contributed by atoms with Crippen molar-refractivity contribution in [2.45, 2.75) is 0 Å². The largest absolute Gasteiger partial charge is 0.456 e. The van der Waals surface area contributed by atoms with E-state index in [1.54, 1.807) is 0 Å². The second-order valence-corrected chi connectivity index (χ2v) is 12.4. The summed E-state index contributed by atoms with van der Waals surface area (Å²) in [6.45, 7) is 0. The first-order valence-electron chi connectivity index (χ1n) is 16.4. The lowest BCUT2D eigenvalue weighted by Gasteiger charge is -2.10. The molecule has 10 aromatic rings. The van der Waals surface area contributed by atoms with Gasteiger partial charge in [0.2, 0.25) is 0 Å². The summed E-state index contributed by atoms with van der Waals surface area (Å²) in [4.78, 5) is 15.0. The topological polar surface area (TPSA) is 51.8 Å². The summed E-state index contributed by atoms with van der Waals surface area (Å²) in [5.74, 6) is 1.87. The van der Waals surface area contributed by atoms with E-state index in [0.29, 0.717) is 17.5 Å². The predicted molar refractivity (Wildman–Crippen MR) is 201 cm³/mol. The van der Waals surface area contributed by atoms with Crippen LogP contribution in [0.2, 0.25) is 0 Å². The molecule has 8 aromatic carbocycles.